The van der Waals surface area contributed by atoms with Gasteiger partial charge in [0.25, 0.3) is 5.56 Å². The lowest BCUT2D eigenvalue weighted by Gasteiger charge is -2.15. The second kappa shape index (κ2) is 8.29. The molecule has 4 rings (SSSR count). The highest BCUT2D eigenvalue weighted by atomic mass is 32.1. The Labute approximate surface area is 183 Å². The summed E-state index contributed by atoms with van der Waals surface area (Å²) in [5.74, 6) is 1.25. The molecule has 0 aliphatic heterocycles. The highest BCUT2D eigenvalue weighted by molar-refractivity contribution is 7.22. The van der Waals surface area contributed by atoms with Gasteiger partial charge in [0.2, 0.25) is 0 Å². The molecule has 0 saturated carbocycles. The molecule has 0 saturated heterocycles. The van der Waals surface area contributed by atoms with Gasteiger partial charge in [-0.15, -0.1) is 11.3 Å². The number of benzene rings is 2. The Morgan fingerprint density at radius 2 is 1.69 bits per heavy atom. The normalized spacial score (nSPS) is 12.8. The third-order valence-electron chi connectivity index (χ3n) is 4.89. The van der Waals surface area contributed by atoms with Crippen LogP contribution in [0.5, 0.6) is 11.5 Å². The van der Waals surface area contributed by atoms with E-state index < -0.39 is 30.1 Å². The predicted molar refractivity (Wildman–Crippen MR) is 115 cm³/mol. The van der Waals surface area contributed by atoms with E-state index in [2.05, 4.69) is 0 Å². The molecule has 32 heavy (non-hydrogen) atoms. The number of H-pyrrole nitrogens is 1. The third kappa shape index (κ3) is 4.19. The largest absolute Gasteiger partial charge is 0.457 e. The second-order valence-electron chi connectivity index (χ2n) is 7.10. The van der Waals surface area contributed by atoms with Crippen molar-refractivity contribution < 1.29 is 23.0 Å². The van der Waals surface area contributed by atoms with Crippen molar-refractivity contribution in [2.24, 2.45) is 0 Å². The highest BCUT2D eigenvalue weighted by Crippen LogP contribution is 2.37. The number of hydrogen-bond acceptors (Lipinski definition) is 5. The van der Waals surface area contributed by atoms with Crippen molar-refractivity contribution in [3.05, 3.63) is 81.0 Å². The van der Waals surface area contributed by atoms with Crippen molar-refractivity contribution >= 4 is 21.6 Å². The summed E-state index contributed by atoms with van der Waals surface area (Å²) in [5.41, 5.74) is -0.464. The summed E-state index contributed by atoms with van der Waals surface area (Å²) in [4.78, 5) is 27.3. The molecule has 0 bridgehead atoms. The van der Waals surface area contributed by atoms with E-state index in [9.17, 15) is 27.9 Å². The molecule has 0 radical (unpaired) electrons. The zero-order valence-corrected chi connectivity index (χ0v) is 17.5. The van der Waals surface area contributed by atoms with Crippen LogP contribution < -0.4 is 16.0 Å². The number of hydrogen-bond donors (Lipinski definition) is 2. The molecule has 6 nitrogen and oxygen atoms in total. The first-order valence-electron chi connectivity index (χ1n) is 9.49. The molecule has 2 aromatic heterocycles. The quantitative estimate of drug-likeness (QED) is 0.459. The van der Waals surface area contributed by atoms with E-state index in [1.807, 2.05) is 35.3 Å². The number of thiophene rings is 1. The number of para-hydroxylation sites is 1. The van der Waals surface area contributed by atoms with Gasteiger partial charge in [-0.1, -0.05) is 18.2 Å². The molecule has 0 spiro atoms. The molecule has 2 N–H and O–H groups in total. The van der Waals surface area contributed by atoms with Crippen molar-refractivity contribution in [2.75, 3.05) is 0 Å². The molecule has 0 aliphatic rings. The second-order valence-corrected chi connectivity index (χ2v) is 8.10. The Kier molecular flexibility index (Phi) is 5.66. The first-order valence-corrected chi connectivity index (χ1v) is 10.3. The molecule has 2 heterocycles. The molecule has 1 atom stereocenters. The smallest absolute Gasteiger partial charge is 0.416 e. The number of nitrogens with one attached hydrogen (secondary N) is 1. The van der Waals surface area contributed by atoms with E-state index >= 15 is 0 Å². The number of aromatic nitrogens is 2. The number of alkyl halides is 3. The van der Waals surface area contributed by atoms with E-state index in [-0.39, 0.29) is 10.2 Å². The minimum absolute atomic E-state index is 0.0687. The Morgan fingerprint density at radius 3 is 2.31 bits per heavy atom. The number of aromatic amines is 1. The van der Waals surface area contributed by atoms with Gasteiger partial charge in [0.15, 0.2) is 6.10 Å². The van der Waals surface area contributed by atoms with Crippen LogP contribution in [0.2, 0.25) is 0 Å². The van der Waals surface area contributed by atoms with Crippen LogP contribution in [0.1, 0.15) is 5.56 Å². The molecule has 0 aliphatic carbocycles. The van der Waals surface area contributed by atoms with Gasteiger partial charge >= 0.3 is 11.9 Å². The van der Waals surface area contributed by atoms with E-state index in [1.165, 1.54) is 0 Å². The van der Waals surface area contributed by atoms with Crippen LogP contribution in [-0.4, -0.2) is 26.9 Å². The Bertz CT molecular complexity index is 1370. The Hall–Kier alpha value is -3.37. The molecule has 4 aromatic rings. The zero-order chi connectivity index (χ0) is 23.0. The highest BCUT2D eigenvalue weighted by Gasteiger charge is 2.39. The summed E-state index contributed by atoms with van der Waals surface area (Å²) >= 11 is 1.02. The summed E-state index contributed by atoms with van der Waals surface area (Å²) in [6.45, 7) is 0.644. The Balaban J connectivity index is 1.75. The van der Waals surface area contributed by atoms with Crippen molar-refractivity contribution in [1.29, 1.82) is 0 Å². The van der Waals surface area contributed by atoms with Gasteiger partial charge in [-0.25, -0.2) is 4.79 Å². The van der Waals surface area contributed by atoms with Crippen LogP contribution in [0.3, 0.4) is 0 Å². The van der Waals surface area contributed by atoms with Crippen molar-refractivity contribution in [3.8, 4) is 21.9 Å². The van der Waals surface area contributed by atoms with Crippen LogP contribution in [0, 0.1) is 6.92 Å². The SMILES string of the molecule is Cc1c(-c2ccc(Oc3ccccc3)cc2)sc2c1c(=O)[nH]c(=O)n2CC(O)C(F)(F)F. The maximum Gasteiger partial charge on any atom is 0.416 e. The predicted octanol–water partition coefficient (Wildman–Crippen LogP) is 4.44. The monoisotopic (exact) mass is 462 g/mol. The van der Waals surface area contributed by atoms with E-state index in [1.54, 1.807) is 31.2 Å². The number of rotatable bonds is 5. The van der Waals surface area contributed by atoms with Crippen molar-refractivity contribution in [2.45, 2.75) is 25.7 Å². The minimum atomic E-state index is -4.90. The number of fused-ring (bicyclic) bond motifs is 1. The van der Waals surface area contributed by atoms with E-state index in [0.29, 0.717) is 27.5 Å². The number of aliphatic hydroxyl groups excluding tert-OH is 1. The summed E-state index contributed by atoms with van der Waals surface area (Å²) in [6.07, 6.45) is -7.64. The molecular formula is C22H17F3N2O4S. The van der Waals surface area contributed by atoms with Crippen LogP contribution in [0.25, 0.3) is 20.7 Å². The van der Waals surface area contributed by atoms with E-state index in [4.69, 9.17) is 4.74 Å². The van der Waals surface area contributed by atoms with Gasteiger partial charge in [0, 0.05) is 4.88 Å². The number of aliphatic hydroxyl groups is 1. The fourth-order valence-electron chi connectivity index (χ4n) is 3.29. The number of halogens is 3. The summed E-state index contributed by atoms with van der Waals surface area (Å²) in [6, 6.07) is 16.2. The summed E-state index contributed by atoms with van der Waals surface area (Å²) in [7, 11) is 0. The molecular weight excluding hydrogens is 445 g/mol. The first-order chi connectivity index (χ1) is 15.1. The minimum Gasteiger partial charge on any atom is -0.457 e. The topological polar surface area (TPSA) is 84.3 Å². The molecule has 0 amide bonds. The van der Waals surface area contributed by atoms with Gasteiger partial charge < -0.3 is 9.84 Å². The molecule has 2 aromatic carbocycles. The van der Waals surface area contributed by atoms with Crippen LogP contribution in [0.15, 0.2) is 64.2 Å². The lowest BCUT2D eigenvalue weighted by Crippen LogP contribution is -2.38. The van der Waals surface area contributed by atoms with Crippen LogP contribution in [0.4, 0.5) is 13.2 Å². The number of aryl methyl sites for hydroxylation is 1. The van der Waals surface area contributed by atoms with Gasteiger partial charge in [0.05, 0.1) is 11.9 Å². The maximum absolute atomic E-state index is 12.8. The fraction of sp³-hybridized carbons (Fsp3) is 0.182. The molecule has 1 unspecified atom stereocenters. The number of nitrogens with zero attached hydrogens (tertiary/aromatic N) is 1. The lowest BCUT2D eigenvalue weighted by molar-refractivity contribution is -0.207. The van der Waals surface area contributed by atoms with Crippen molar-refractivity contribution in [1.82, 2.24) is 9.55 Å². The van der Waals surface area contributed by atoms with E-state index in [0.717, 1.165) is 15.9 Å². The van der Waals surface area contributed by atoms with Crippen molar-refractivity contribution in [3.63, 3.8) is 0 Å². The summed E-state index contributed by atoms with van der Waals surface area (Å²) in [5, 5.41) is 9.57. The van der Waals surface area contributed by atoms with Gasteiger partial charge in [0.1, 0.15) is 16.3 Å². The third-order valence-corrected chi connectivity index (χ3v) is 6.26. The lowest BCUT2D eigenvalue weighted by atomic mass is 10.1. The summed E-state index contributed by atoms with van der Waals surface area (Å²) < 4.78 is 45.0. The Morgan fingerprint density at radius 1 is 1.06 bits per heavy atom. The molecule has 0 fully saturated rings. The average molecular weight is 462 g/mol. The van der Waals surface area contributed by atoms with Gasteiger partial charge in [-0.2, -0.15) is 13.2 Å². The zero-order valence-electron chi connectivity index (χ0n) is 16.6. The first kappa shape index (κ1) is 21.8. The van der Waals surface area contributed by atoms with Crippen LogP contribution >= 0.6 is 11.3 Å². The standard InChI is InChI=1S/C22H17F3N2O4S/c1-12-17-19(29)26-21(30)27(11-16(28)22(23,24)25)20(17)32-18(12)13-7-9-15(10-8-13)31-14-5-3-2-4-6-14/h2-10,16,28H,11H2,1H3,(H,26,29,30). The fourth-order valence-corrected chi connectivity index (χ4v) is 4.61. The molecule has 10 heteroatoms. The number of ether oxygens (including phenoxy) is 1. The van der Waals surface area contributed by atoms with Gasteiger partial charge in [-0.3, -0.25) is 14.3 Å². The molecule has 166 valence electrons. The van der Waals surface area contributed by atoms with Gasteiger partial charge in [-0.05, 0) is 54.4 Å². The average Bonchev–Trinajstić information content (AvgIpc) is 3.09. The maximum atomic E-state index is 12.8. The van der Waals surface area contributed by atoms with Crippen LogP contribution in [-0.2, 0) is 6.54 Å².